The normalized spacial score (nSPS) is 18.6. The smallest absolute Gasteiger partial charge is 0.159 e. The van der Waals surface area contributed by atoms with E-state index in [1.165, 1.54) is 56.9 Å². The van der Waals surface area contributed by atoms with Gasteiger partial charge in [0, 0.05) is 5.56 Å². The van der Waals surface area contributed by atoms with Crippen molar-refractivity contribution in [3.05, 3.63) is 78.1 Å². The highest BCUT2D eigenvalue weighted by atomic mass is 16.5. The minimum atomic E-state index is 0.527. The van der Waals surface area contributed by atoms with E-state index in [1.807, 2.05) is 18.2 Å². The molecule has 0 spiro atoms. The third-order valence-corrected chi connectivity index (χ3v) is 6.58. The number of hydrogen-bond donors (Lipinski definition) is 0. The SMILES string of the molecule is CCCCC[C@H]1CC[C@H](c2ccc(-c3ncc(OCc4ccccc4)cn3)cc2)CC1. The second kappa shape index (κ2) is 11.1. The Labute approximate surface area is 186 Å². The van der Waals surface area contributed by atoms with Gasteiger partial charge in [-0.3, -0.25) is 0 Å². The quantitative estimate of drug-likeness (QED) is 0.339. The van der Waals surface area contributed by atoms with Crippen LogP contribution in [0.4, 0.5) is 0 Å². The van der Waals surface area contributed by atoms with Gasteiger partial charge in [-0.25, -0.2) is 9.97 Å². The summed E-state index contributed by atoms with van der Waals surface area (Å²) in [5.41, 5.74) is 3.67. The number of hydrogen-bond acceptors (Lipinski definition) is 3. The first kappa shape index (κ1) is 21.5. The van der Waals surface area contributed by atoms with E-state index >= 15 is 0 Å². The zero-order chi connectivity index (χ0) is 21.3. The predicted molar refractivity (Wildman–Crippen MR) is 127 cm³/mol. The van der Waals surface area contributed by atoms with E-state index in [0.717, 1.165) is 22.9 Å². The van der Waals surface area contributed by atoms with Crippen LogP contribution in [0.5, 0.6) is 5.75 Å². The minimum Gasteiger partial charge on any atom is -0.486 e. The molecule has 0 radical (unpaired) electrons. The zero-order valence-electron chi connectivity index (χ0n) is 18.7. The van der Waals surface area contributed by atoms with Gasteiger partial charge in [-0.15, -0.1) is 0 Å². The van der Waals surface area contributed by atoms with Crippen LogP contribution >= 0.6 is 0 Å². The Morgan fingerprint density at radius 1 is 0.839 bits per heavy atom. The third-order valence-electron chi connectivity index (χ3n) is 6.58. The molecule has 1 saturated carbocycles. The van der Waals surface area contributed by atoms with E-state index in [1.54, 1.807) is 12.4 Å². The molecule has 3 nitrogen and oxygen atoms in total. The Morgan fingerprint density at radius 2 is 1.55 bits per heavy atom. The Balaban J connectivity index is 1.29. The molecule has 4 rings (SSSR count). The Bertz CT molecular complexity index is 898. The maximum Gasteiger partial charge on any atom is 0.159 e. The molecule has 1 aromatic heterocycles. The molecule has 3 heteroatoms. The number of rotatable bonds is 9. The summed E-state index contributed by atoms with van der Waals surface area (Å²) in [7, 11) is 0. The highest BCUT2D eigenvalue weighted by molar-refractivity contribution is 5.55. The first-order chi connectivity index (χ1) is 15.3. The summed E-state index contributed by atoms with van der Waals surface area (Å²) >= 11 is 0. The van der Waals surface area contributed by atoms with E-state index in [0.29, 0.717) is 18.3 Å². The van der Waals surface area contributed by atoms with Gasteiger partial charge in [0.2, 0.25) is 0 Å². The van der Waals surface area contributed by atoms with Crippen molar-refractivity contribution in [2.75, 3.05) is 0 Å². The average Bonchev–Trinajstić information content (AvgIpc) is 2.84. The third kappa shape index (κ3) is 6.16. The second-order valence-corrected chi connectivity index (χ2v) is 8.85. The van der Waals surface area contributed by atoms with Crippen molar-refractivity contribution >= 4 is 0 Å². The lowest BCUT2D eigenvalue weighted by Crippen LogP contribution is -2.13. The molecule has 0 atom stereocenters. The summed E-state index contributed by atoms with van der Waals surface area (Å²) in [6, 6.07) is 19.0. The summed E-state index contributed by atoms with van der Waals surface area (Å²) in [4.78, 5) is 9.03. The van der Waals surface area contributed by atoms with Crippen LogP contribution in [0.2, 0.25) is 0 Å². The first-order valence-electron chi connectivity index (χ1n) is 11.9. The van der Waals surface area contributed by atoms with Crippen molar-refractivity contribution in [1.82, 2.24) is 9.97 Å². The molecule has 3 aromatic rings. The molecule has 1 aliphatic rings. The number of ether oxygens (including phenoxy) is 1. The number of nitrogens with zero attached hydrogens (tertiary/aromatic N) is 2. The molecule has 0 aliphatic heterocycles. The predicted octanol–water partition coefficient (Wildman–Crippen LogP) is 7.58. The highest BCUT2D eigenvalue weighted by Gasteiger charge is 2.22. The zero-order valence-corrected chi connectivity index (χ0v) is 18.7. The molecule has 162 valence electrons. The molecule has 0 amide bonds. The van der Waals surface area contributed by atoms with Gasteiger partial charge >= 0.3 is 0 Å². The van der Waals surface area contributed by atoms with Crippen LogP contribution in [0.25, 0.3) is 11.4 Å². The highest BCUT2D eigenvalue weighted by Crippen LogP contribution is 2.38. The lowest BCUT2D eigenvalue weighted by Gasteiger charge is -2.29. The largest absolute Gasteiger partial charge is 0.486 e. The monoisotopic (exact) mass is 414 g/mol. The van der Waals surface area contributed by atoms with Gasteiger partial charge in [-0.1, -0.05) is 87.2 Å². The molecule has 0 N–H and O–H groups in total. The molecule has 2 aromatic carbocycles. The van der Waals surface area contributed by atoms with Gasteiger partial charge in [-0.2, -0.15) is 0 Å². The number of aromatic nitrogens is 2. The van der Waals surface area contributed by atoms with Crippen LogP contribution in [0.1, 0.15) is 75.3 Å². The Morgan fingerprint density at radius 3 is 2.23 bits per heavy atom. The second-order valence-electron chi connectivity index (χ2n) is 8.85. The molecular weight excluding hydrogens is 380 g/mol. The van der Waals surface area contributed by atoms with E-state index in [9.17, 15) is 0 Å². The fourth-order valence-corrected chi connectivity index (χ4v) is 4.65. The van der Waals surface area contributed by atoms with Gasteiger partial charge in [-0.05, 0) is 48.6 Å². The number of benzene rings is 2. The average molecular weight is 415 g/mol. The van der Waals surface area contributed by atoms with Crippen molar-refractivity contribution in [3.63, 3.8) is 0 Å². The van der Waals surface area contributed by atoms with Gasteiger partial charge in [0.05, 0.1) is 12.4 Å². The van der Waals surface area contributed by atoms with Crippen LogP contribution in [-0.4, -0.2) is 9.97 Å². The standard InChI is InChI=1S/C28H34N2O/c1-2-3-5-8-22-11-13-24(14-12-22)25-15-17-26(18-16-25)28-29-19-27(20-30-28)31-21-23-9-6-4-7-10-23/h4,6-7,9-10,15-20,22,24H,2-3,5,8,11-14,21H2,1H3/t22-,24-. The molecule has 0 saturated heterocycles. The first-order valence-corrected chi connectivity index (χ1v) is 11.9. The minimum absolute atomic E-state index is 0.527. The molecule has 1 fully saturated rings. The lowest BCUT2D eigenvalue weighted by atomic mass is 9.77. The molecule has 31 heavy (non-hydrogen) atoms. The van der Waals surface area contributed by atoms with E-state index < -0.39 is 0 Å². The molecule has 1 heterocycles. The van der Waals surface area contributed by atoms with Crippen LogP contribution in [0.15, 0.2) is 67.0 Å². The summed E-state index contributed by atoms with van der Waals surface area (Å²) in [6.45, 7) is 2.82. The van der Waals surface area contributed by atoms with Gasteiger partial charge in [0.15, 0.2) is 11.6 Å². The Kier molecular flexibility index (Phi) is 7.71. The summed E-state index contributed by atoms with van der Waals surface area (Å²) in [5, 5.41) is 0. The van der Waals surface area contributed by atoms with Crippen molar-refractivity contribution in [2.45, 2.75) is 70.8 Å². The summed E-state index contributed by atoms with van der Waals surface area (Å²) < 4.78 is 5.80. The van der Waals surface area contributed by atoms with Crippen LogP contribution in [0, 0.1) is 5.92 Å². The van der Waals surface area contributed by atoms with Crippen molar-refractivity contribution in [2.24, 2.45) is 5.92 Å². The maximum absolute atomic E-state index is 5.80. The summed E-state index contributed by atoms with van der Waals surface area (Å²) in [6.07, 6.45) is 14.5. The molecular formula is C28H34N2O. The Hall–Kier alpha value is -2.68. The van der Waals surface area contributed by atoms with E-state index in [4.69, 9.17) is 4.74 Å². The van der Waals surface area contributed by atoms with E-state index in [-0.39, 0.29) is 0 Å². The molecule has 1 aliphatic carbocycles. The topological polar surface area (TPSA) is 35.0 Å². The maximum atomic E-state index is 5.80. The lowest BCUT2D eigenvalue weighted by molar-refractivity contribution is 0.303. The van der Waals surface area contributed by atoms with Crippen LogP contribution in [0.3, 0.4) is 0 Å². The fourth-order valence-electron chi connectivity index (χ4n) is 4.65. The van der Waals surface area contributed by atoms with Crippen molar-refractivity contribution in [1.29, 1.82) is 0 Å². The van der Waals surface area contributed by atoms with Crippen molar-refractivity contribution in [3.8, 4) is 17.1 Å². The van der Waals surface area contributed by atoms with Crippen molar-refractivity contribution < 1.29 is 4.74 Å². The molecule has 0 bridgehead atoms. The van der Waals surface area contributed by atoms with Gasteiger partial charge in [0.25, 0.3) is 0 Å². The van der Waals surface area contributed by atoms with Gasteiger partial charge in [0.1, 0.15) is 6.61 Å². The van der Waals surface area contributed by atoms with Gasteiger partial charge < -0.3 is 4.74 Å². The van der Waals surface area contributed by atoms with E-state index in [2.05, 4.69) is 53.3 Å². The van der Waals surface area contributed by atoms with Crippen LogP contribution < -0.4 is 4.74 Å². The number of unbranched alkanes of at least 4 members (excludes halogenated alkanes) is 2. The summed E-state index contributed by atoms with van der Waals surface area (Å²) in [5.74, 6) is 3.11. The van der Waals surface area contributed by atoms with Crippen LogP contribution in [-0.2, 0) is 6.61 Å². The molecule has 0 unspecified atom stereocenters. The fraction of sp³-hybridized carbons (Fsp3) is 0.429.